The van der Waals surface area contributed by atoms with Crippen LogP contribution in [0.5, 0.6) is 11.5 Å². The van der Waals surface area contributed by atoms with E-state index in [1.54, 1.807) is 18.4 Å². The van der Waals surface area contributed by atoms with Crippen molar-refractivity contribution in [1.82, 2.24) is 4.57 Å². The molecule has 0 N–H and O–H groups in total. The summed E-state index contributed by atoms with van der Waals surface area (Å²) in [6.07, 6.45) is 3.73. The van der Waals surface area contributed by atoms with Gasteiger partial charge in [0, 0.05) is 15.5 Å². The van der Waals surface area contributed by atoms with Crippen LogP contribution in [0.2, 0.25) is 5.02 Å². The lowest BCUT2D eigenvalue weighted by atomic mass is 9.85. The Balaban J connectivity index is 1.30. The van der Waals surface area contributed by atoms with Crippen LogP contribution in [0.15, 0.2) is 98.0 Å². The lowest BCUT2D eigenvalue weighted by Gasteiger charge is -2.30. The molecule has 0 amide bonds. The van der Waals surface area contributed by atoms with Gasteiger partial charge in [-0.25, -0.2) is 4.99 Å². The minimum absolute atomic E-state index is 0.0410. The normalized spacial score (nSPS) is 16.0. The molecule has 2 aromatic heterocycles. The van der Waals surface area contributed by atoms with Gasteiger partial charge in [-0.2, -0.15) is 0 Å². The number of ether oxygens (including phenoxy) is 2. The Morgan fingerprint density at radius 1 is 1.10 bits per heavy atom. The number of allylic oxidation sites excluding steroid dienone is 1. The first-order chi connectivity index (χ1) is 20.5. The third-order valence-electron chi connectivity index (χ3n) is 7.53. The number of benzene rings is 3. The lowest BCUT2D eigenvalue weighted by Crippen LogP contribution is -2.38. The zero-order valence-corrected chi connectivity index (χ0v) is 26.4. The van der Waals surface area contributed by atoms with E-state index in [4.69, 9.17) is 26.1 Å². The van der Waals surface area contributed by atoms with Gasteiger partial charge in [0.15, 0.2) is 16.3 Å². The second-order valence-corrected chi connectivity index (χ2v) is 13.4. The van der Waals surface area contributed by atoms with Gasteiger partial charge in [-0.05, 0) is 92.8 Å². The van der Waals surface area contributed by atoms with Gasteiger partial charge in [0.1, 0.15) is 6.61 Å². The van der Waals surface area contributed by atoms with Crippen LogP contribution >= 0.6 is 50.2 Å². The average Bonchev–Trinajstić information content (AvgIpc) is 3.64. The van der Waals surface area contributed by atoms with Crippen molar-refractivity contribution in [2.75, 3.05) is 7.11 Å². The highest BCUT2D eigenvalue weighted by Gasteiger charge is 2.33. The van der Waals surface area contributed by atoms with E-state index in [1.165, 1.54) is 28.0 Å². The Morgan fingerprint density at radius 2 is 1.93 bits per heavy atom. The van der Waals surface area contributed by atoms with E-state index in [9.17, 15) is 4.79 Å². The van der Waals surface area contributed by atoms with Gasteiger partial charge in [0.2, 0.25) is 0 Å². The quantitative estimate of drug-likeness (QED) is 0.189. The molecule has 3 heterocycles. The fraction of sp³-hybridized carbons (Fsp3) is 0.152. The van der Waals surface area contributed by atoms with E-state index in [2.05, 4.69) is 51.6 Å². The number of thiophene rings is 1. The summed E-state index contributed by atoms with van der Waals surface area (Å²) in [7, 11) is 1.61. The van der Waals surface area contributed by atoms with E-state index < -0.39 is 0 Å². The molecule has 0 saturated carbocycles. The van der Waals surface area contributed by atoms with Gasteiger partial charge in [0.25, 0.3) is 5.56 Å². The molecular formula is C33H24BrClN2O3S2. The zero-order valence-electron chi connectivity index (χ0n) is 22.5. The third-order valence-corrected chi connectivity index (χ3v) is 10.3. The molecule has 0 spiro atoms. The predicted molar refractivity (Wildman–Crippen MR) is 174 cm³/mol. The molecule has 0 radical (unpaired) electrons. The number of hydrogen-bond acceptors (Lipinski definition) is 6. The molecule has 7 rings (SSSR count). The first-order valence-electron chi connectivity index (χ1n) is 13.4. The van der Waals surface area contributed by atoms with Crippen molar-refractivity contribution >= 4 is 62.0 Å². The summed E-state index contributed by atoms with van der Waals surface area (Å²) < 4.78 is 15.0. The maximum absolute atomic E-state index is 14.0. The van der Waals surface area contributed by atoms with Gasteiger partial charge in [-0.15, -0.1) is 11.3 Å². The van der Waals surface area contributed by atoms with Crippen LogP contribution in [0.3, 0.4) is 0 Å². The van der Waals surface area contributed by atoms with Crippen molar-refractivity contribution in [3.63, 3.8) is 0 Å². The topological polar surface area (TPSA) is 52.8 Å². The van der Waals surface area contributed by atoms with Crippen molar-refractivity contribution in [3.8, 4) is 11.5 Å². The van der Waals surface area contributed by atoms with E-state index in [0.29, 0.717) is 32.5 Å². The first kappa shape index (κ1) is 27.4. The lowest BCUT2D eigenvalue weighted by molar-refractivity contribution is 0.282. The highest BCUT2D eigenvalue weighted by atomic mass is 79.9. The van der Waals surface area contributed by atoms with Crippen LogP contribution in [-0.4, -0.2) is 11.7 Å². The predicted octanol–water partition coefficient (Wildman–Crippen LogP) is 7.38. The summed E-state index contributed by atoms with van der Waals surface area (Å²) in [6.45, 7) is 0.362. The first-order valence-corrected chi connectivity index (χ1v) is 16.3. The van der Waals surface area contributed by atoms with Crippen LogP contribution in [0.25, 0.3) is 11.8 Å². The largest absolute Gasteiger partial charge is 0.493 e. The Labute approximate surface area is 263 Å². The molecule has 1 unspecified atom stereocenters. The molecule has 9 heteroatoms. The second kappa shape index (κ2) is 11.3. The molecular weight excluding hydrogens is 652 g/mol. The molecule has 1 aliphatic carbocycles. The Hall–Kier alpha value is -3.43. The maximum Gasteiger partial charge on any atom is 0.271 e. The fourth-order valence-electron chi connectivity index (χ4n) is 5.57. The Kier molecular flexibility index (Phi) is 7.40. The molecule has 42 heavy (non-hydrogen) atoms. The summed E-state index contributed by atoms with van der Waals surface area (Å²) in [5, 5.41) is 2.75. The molecule has 1 aliphatic heterocycles. The summed E-state index contributed by atoms with van der Waals surface area (Å²) in [5.74, 6) is 1.16. The minimum atomic E-state index is -0.156. The molecule has 3 aromatic carbocycles. The van der Waals surface area contributed by atoms with Gasteiger partial charge in [-0.1, -0.05) is 65.4 Å². The number of thiazole rings is 1. The number of aryl methyl sites for hydroxylation is 1. The molecule has 0 bridgehead atoms. The van der Waals surface area contributed by atoms with Crippen LogP contribution in [0.1, 0.15) is 39.6 Å². The standard InChI is InChI=1S/C33H24BrClN2O3S2/c1-39-26-16-20(15-25(34)31(26)40-18-19-8-11-22(35)12-9-19)17-28-32(38)37-30(27-7-4-14-41-27)24-13-10-21-5-2-3-6-23(21)29(24)36-33(37)42-28/h2-9,11-12,14-17,30H,10,13,18H2,1H3/b28-17-. The van der Waals surface area contributed by atoms with Crippen LogP contribution < -0.4 is 24.4 Å². The monoisotopic (exact) mass is 674 g/mol. The van der Waals surface area contributed by atoms with Gasteiger partial charge in [-0.3, -0.25) is 9.36 Å². The van der Waals surface area contributed by atoms with E-state index in [0.717, 1.165) is 39.0 Å². The number of halogens is 2. The maximum atomic E-state index is 14.0. The zero-order chi connectivity index (χ0) is 28.8. The summed E-state index contributed by atoms with van der Waals surface area (Å²) >= 11 is 12.8. The van der Waals surface area contributed by atoms with Crippen molar-refractivity contribution in [2.24, 2.45) is 4.99 Å². The molecule has 1 atom stereocenters. The molecule has 5 aromatic rings. The number of hydrogen-bond donors (Lipinski definition) is 0. The number of fused-ring (bicyclic) bond motifs is 3. The van der Waals surface area contributed by atoms with Crippen molar-refractivity contribution in [3.05, 3.63) is 140 Å². The molecule has 210 valence electrons. The van der Waals surface area contributed by atoms with Crippen LogP contribution in [0.4, 0.5) is 0 Å². The average molecular weight is 676 g/mol. The van der Waals surface area contributed by atoms with Gasteiger partial charge in [0.05, 0.1) is 27.9 Å². The number of rotatable bonds is 6. The van der Waals surface area contributed by atoms with E-state index >= 15 is 0 Å². The molecule has 0 fully saturated rings. The molecule has 5 nitrogen and oxygen atoms in total. The second-order valence-electron chi connectivity index (χ2n) is 10.1. The SMILES string of the molecule is COc1cc(/C=c2\sc3n(c2=O)C(c2cccs2)C2=C(N=3)c3ccccc3CC2)cc(Br)c1OCc1ccc(Cl)cc1. The number of nitrogens with zero attached hydrogens (tertiary/aromatic N) is 2. The highest BCUT2D eigenvalue weighted by Crippen LogP contribution is 2.42. The summed E-state index contributed by atoms with van der Waals surface area (Å²) in [5.41, 5.74) is 6.46. The Bertz CT molecular complexity index is 2030. The smallest absolute Gasteiger partial charge is 0.271 e. The summed E-state index contributed by atoms with van der Waals surface area (Å²) in [6, 6.07) is 23.8. The van der Waals surface area contributed by atoms with E-state index in [-0.39, 0.29) is 11.6 Å². The van der Waals surface area contributed by atoms with Gasteiger partial charge < -0.3 is 9.47 Å². The fourth-order valence-corrected chi connectivity index (χ4v) is 8.12. The van der Waals surface area contributed by atoms with Crippen molar-refractivity contribution in [1.29, 1.82) is 0 Å². The van der Waals surface area contributed by atoms with Gasteiger partial charge >= 0.3 is 0 Å². The highest BCUT2D eigenvalue weighted by molar-refractivity contribution is 9.10. The minimum Gasteiger partial charge on any atom is -0.493 e. The van der Waals surface area contributed by atoms with Crippen LogP contribution in [-0.2, 0) is 13.0 Å². The number of methoxy groups -OCH3 is 1. The Morgan fingerprint density at radius 3 is 2.71 bits per heavy atom. The number of aromatic nitrogens is 1. The molecule has 2 aliphatic rings. The summed E-state index contributed by atoms with van der Waals surface area (Å²) in [4.78, 5) is 21.0. The van der Waals surface area contributed by atoms with Crippen molar-refractivity contribution < 1.29 is 9.47 Å². The molecule has 0 saturated heterocycles. The van der Waals surface area contributed by atoms with Crippen LogP contribution in [0, 0.1) is 0 Å². The van der Waals surface area contributed by atoms with E-state index in [1.807, 2.05) is 53.1 Å². The third kappa shape index (κ3) is 4.96. The van der Waals surface area contributed by atoms with Crippen molar-refractivity contribution in [2.45, 2.75) is 25.5 Å².